The molecular formula is C25H38ClN7O4S. The van der Waals surface area contributed by atoms with Gasteiger partial charge in [0.25, 0.3) is 0 Å². The second kappa shape index (κ2) is 13.3. The van der Waals surface area contributed by atoms with Gasteiger partial charge in [-0.05, 0) is 51.2 Å². The molecule has 2 heterocycles. The molecule has 0 bridgehead atoms. The molecular weight excluding hydrogens is 530 g/mol. The summed E-state index contributed by atoms with van der Waals surface area (Å²) in [7, 11) is 4.54. The molecule has 3 rings (SSSR count). The van der Waals surface area contributed by atoms with Gasteiger partial charge in [-0.25, -0.2) is 17.7 Å². The molecule has 1 aromatic carbocycles. The Bertz CT molecular complexity index is 1220. The molecule has 13 heteroatoms. The van der Waals surface area contributed by atoms with Crippen molar-refractivity contribution in [3.63, 3.8) is 0 Å². The summed E-state index contributed by atoms with van der Waals surface area (Å²) < 4.78 is 36.8. The van der Waals surface area contributed by atoms with E-state index in [-0.39, 0.29) is 17.0 Å². The van der Waals surface area contributed by atoms with Crippen LogP contribution in [0, 0.1) is 0 Å². The standard InChI is InChI=1S/C25H38ClN7O4S/c1-31(2)13-14-32(3)22-16-23(36-4)21(15-18(22)7-6-10-27)29-25-28-17-20(26)24(30-25)37-19-8-11-33(12-9-19)38(5,34)35/h6,10,15-17,19H,7-9,11-14,27H2,1-5H3,(H,28,29,30). The molecule has 38 heavy (non-hydrogen) atoms. The number of nitrogens with two attached hydrogens (primary N) is 1. The zero-order valence-corrected chi connectivity index (χ0v) is 24.2. The summed E-state index contributed by atoms with van der Waals surface area (Å²) in [6, 6.07) is 3.99. The largest absolute Gasteiger partial charge is 0.494 e. The van der Waals surface area contributed by atoms with E-state index in [1.807, 2.05) is 39.4 Å². The molecule has 1 fully saturated rings. The van der Waals surface area contributed by atoms with Gasteiger partial charge in [0.05, 0.1) is 25.2 Å². The number of ether oxygens (including phenoxy) is 2. The quantitative estimate of drug-likeness (QED) is 0.395. The maximum atomic E-state index is 11.8. The van der Waals surface area contributed by atoms with E-state index >= 15 is 0 Å². The van der Waals surface area contributed by atoms with Crippen molar-refractivity contribution in [1.82, 2.24) is 19.2 Å². The van der Waals surface area contributed by atoms with E-state index in [1.165, 1.54) is 23.0 Å². The van der Waals surface area contributed by atoms with Crippen LogP contribution in [0.15, 0.2) is 30.6 Å². The average Bonchev–Trinajstić information content (AvgIpc) is 2.87. The Labute approximate surface area is 230 Å². The highest BCUT2D eigenvalue weighted by Gasteiger charge is 2.27. The van der Waals surface area contributed by atoms with Gasteiger partial charge in [-0.1, -0.05) is 17.7 Å². The fourth-order valence-electron chi connectivity index (χ4n) is 4.12. The zero-order chi connectivity index (χ0) is 27.9. The monoisotopic (exact) mass is 567 g/mol. The summed E-state index contributed by atoms with van der Waals surface area (Å²) >= 11 is 6.33. The van der Waals surface area contributed by atoms with Crippen LogP contribution in [0.25, 0.3) is 0 Å². The predicted octanol–water partition coefficient (Wildman–Crippen LogP) is 2.70. The lowest BCUT2D eigenvalue weighted by Gasteiger charge is -2.30. The van der Waals surface area contributed by atoms with Crippen LogP contribution in [0.5, 0.6) is 11.6 Å². The fraction of sp³-hybridized carbons (Fsp3) is 0.520. The van der Waals surface area contributed by atoms with Crippen molar-refractivity contribution < 1.29 is 17.9 Å². The number of nitrogens with zero attached hydrogens (tertiary/aromatic N) is 5. The molecule has 1 aliphatic rings. The zero-order valence-electron chi connectivity index (χ0n) is 22.6. The van der Waals surface area contributed by atoms with Gasteiger partial charge in [0.15, 0.2) is 0 Å². The molecule has 11 nitrogen and oxygen atoms in total. The highest BCUT2D eigenvalue weighted by Crippen LogP contribution is 2.36. The van der Waals surface area contributed by atoms with E-state index in [2.05, 4.69) is 25.1 Å². The number of methoxy groups -OCH3 is 1. The number of hydrogen-bond acceptors (Lipinski definition) is 10. The molecule has 0 amide bonds. The molecule has 0 unspecified atom stereocenters. The maximum Gasteiger partial charge on any atom is 0.237 e. The highest BCUT2D eigenvalue weighted by atomic mass is 35.5. The molecule has 3 N–H and O–H groups in total. The first-order valence-corrected chi connectivity index (χ1v) is 14.6. The lowest BCUT2D eigenvalue weighted by Crippen LogP contribution is -2.41. The first-order chi connectivity index (χ1) is 18.0. The Morgan fingerprint density at radius 2 is 1.95 bits per heavy atom. The Morgan fingerprint density at radius 3 is 2.55 bits per heavy atom. The van der Waals surface area contributed by atoms with Crippen molar-refractivity contribution in [2.45, 2.75) is 25.4 Å². The molecule has 0 aliphatic carbocycles. The summed E-state index contributed by atoms with van der Waals surface area (Å²) in [5.74, 6) is 1.17. The third kappa shape index (κ3) is 8.10. The normalized spacial score (nSPS) is 15.2. The number of hydrogen-bond donors (Lipinski definition) is 2. The van der Waals surface area contributed by atoms with Crippen LogP contribution in [-0.2, 0) is 16.4 Å². The predicted molar refractivity (Wildman–Crippen MR) is 152 cm³/mol. The number of benzene rings is 1. The van der Waals surface area contributed by atoms with Gasteiger partial charge in [0, 0.05) is 45.0 Å². The van der Waals surface area contributed by atoms with Crippen LogP contribution < -0.4 is 25.4 Å². The molecule has 0 saturated carbocycles. The van der Waals surface area contributed by atoms with Crippen LogP contribution >= 0.6 is 11.6 Å². The number of piperidine rings is 1. The van der Waals surface area contributed by atoms with E-state index in [0.29, 0.717) is 49.7 Å². The molecule has 0 atom stereocenters. The van der Waals surface area contributed by atoms with Gasteiger partial charge in [-0.2, -0.15) is 4.98 Å². The van der Waals surface area contributed by atoms with E-state index < -0.39 is 10.0 Å². The lowest BCUT2D eigenvalue weighted by molar-refractivity contribution is 0.130. The van der Waals surface area contributed by atoms with E-state index in [1.54, 1.807) is 7.11 Å². The Morgan fingerprint density at radius 1 is 1.24 bits per heavy atom. The van der Waals surface area contributed by atoms with Crippen molar-refractivity contribution >= 4 is 38.9 Å². The van der Waals surface area contributed by atoms with Gasteiger partial charge in [-0.15, -0.1) is 0 Å². The number of allylic oxidation sites excluding steroid dienone is 1. The van der Waals surface area contributed by atoms with Gasteiger partial charge < -0.3 is 30.3 Å². The number of anilines is 3. The van der Waals surface area contributed by atoms with Gasteiger partial charge in [0.2, 0.25) is 21.9 Å². The first-order valence-electron chi connectivity index (χ1n) is 12.4. The number of sulfonamides is 1. The topological polar surface area (TPSA) is 126 Å². The molecule has 0 spiro atoms. The van der Waals surface area contributed by atoms with Crippen molar-refractivity contribution in [3.05, 3.63) is 41.2 Å². The molecule has 0 radical (unpaired) electrons. The SMILES string of the molecule is COc1cc(N(C)CCN(C)C)c(CC=CN)cc1Nc1ncc(Cl)c(OC2CCN(S(C)(=O)=O)CC2)n1. The van der Waals surface area contributed by atoms with Crippen LogP contribution in [0.3, 0.4) is 0 Å². The summed E-state index contributed by atoms with van der Waals surface area (Å²) in [5.41, 5.74) is 8.41. The smallest absolute Gasteiger partial charge is 0.237 e. The number of aromatic nitrogens is 2. The molecule has 1 aliphatic heterocycles. The molecule has 2 aromatic rings. The summed E-state index contributed by atoms with van der Waals surface area (Å²) in [5, 5.41) is 3.51. The fourth-order valence-corrected chi connectivity index (χ4v) is 5.13. The van der Waals surface area contributed by atoms with Crippen LogP contribution in [0.4, 0.5) is 17.3 Å². The van der Waals surface area contributed by atoms with Gasteiger partial charge >= 0.3 is 0 Å². The summed E-state index contributed by atoms with van der Waals surface area (Å²) in [6.45, 7) is 2.53. The van der Waals surface area contributed by atoms with Crippen LogP contribution in [0.1, 0.15) is 18.4 Å². The summed E-state index contributed by atoms with van der Waals surface area (Å²) in [4.78, 5) is 13.1. The Hall–Kier alpha value is -2.80. The molecule has 1 saturated heterocycles. The number of likely N-dealkylation sites (N-methyl/N-ethyl adjacent to an activating group) is 2. The molecule has 210 valence electrons. The van der Waals surface area contributed by atoms with Gasteiger partial charge in [0.1, 0.15) is 16.9 Å². The minimum atomic E-state index is -3.22. The van der Waals surface area contributed by atoms with Crippen molar-refractivity contribution in [1.29, 1.82) is 0 Å². The second-order valence-electron chi connectivity index (χ2n) is 9.49. The maximum absolute atomic E-state index is 11.8. The minimum Gasteiger partial charge on any atom is -0.494 e. The lowest BCUT2D eigenvalue weighted by atomic mass is 10.1. The van der Waals surface area contributed by atoms with E-state index in [4.69, 9.17) is 26.8 Å². The Balaban J connectivity index is 1.82. The first kappa shape index (κ1) is 29.8. The van der Waals surface area contributed by atoms with Crippen molar-refractivity contribution in [2.75, 3.05) is 70.9 Å². The van der Waals surface area contributed by atoms with Crippen LogP contribution in [0.2, 0.25) is 5.02 Å². The Kier molecular flexibility index (Phi) is 10.4. The number of rotatable bonds is 12. The van der Waals surface area contributed by atoms with Gasteiger partial charge in [-0.3, -0.25) is 0 Å². The number of nitrogens with one attached hydrogen (secondary N) is 1. The van der Waals surface area contributed by atoms with E-state index in [9.17, 15) is 8.42 Å². The highest BCUT2D eigenvalue weighted by molar-refractivity contribution is 7.88. The molecule has 1 aromatic heterocycles. The van der Waals surface area contributed by atoms with Crippen LogP contribution in [-0.4, -0.2) is 94.4 Å². The third-order valence-corrected chi connectivity index (χ3v) is 7.84. The second-order valence-corrected chi connectivity index (χ2v) is 11.9. The summed E-state index contributed by atoms with van der Waals surface area (Å²) in [6.07, 6.45) is 7.66. The average molecular weight is 568 g/mol. The minimum absolute atomic E-state index is 0.200. The van der Waals surface area contributed by atoms with Crippen molar-refractivity contribution in [3.8, 4) is 11.6 Å². The van der Waals surface area contributed by atoms with Crippen molar-refractivity contribution in [2.24, 2.45) is 5.73 Å². The van der Waals surface area contributed by atoms with E-state index in [0.717, 1.165) is 24.3 Å². The third-order valence-electron chi connectivity index (χ3n) is 6.28. The number of halogens is 1.